The van der Waals surface area contributed by atoms with E-state index in [2.05, 4.69) is 4.72 Å². The summed E-state index contributed by atoms with van der Waals surface area (Å²) in [6.45, 7) is 2.30. The minimum absolute atomic E-state index is 0.0491. The second kappa shape index (κ2) is 7.76. The van der Waals surface area contributed by atoms with E-state index in [0.717, 1.165) is 17.7 Å². The highest BCUT2D eigenvalue weighted by atomic mass is 32.2. The fourth-order valence-corrected chi connectivity index (χ4v) is 5.73. The van der Waals surface area contributed by atoms with Crippen molar-refractivity contribution in [3.63, 3.8) is 0 Å². The van der Waals surface area contributed by atoms with Gasteiger partial charge >= 0.3 is 0 Å². The van der Waals surface area contributed by atoms with Crippen LogP contribution < -0.4 is 4.72 Å². The molecule has 0 amide bonds. The summed E-state index contributed by atoms with van der Waals surface area (Å²) in [6, 6.07) is 6.93. The summed E-state index contributed by atoms with van der Waals surface area (Å²) in [7, 11) is -7.71. The van der Waals surface area contributed by atoms with Crippen LogP contribution in [0.2, 0.25) is 0 Å². The maximum Gasteiger partial charge on any atom is 0.264 e. The summed E-state index contributed by atoms with van der Waals surface area (Å²) in [5.41, 5.74) is 1.74. The van der Waals surface area contributed by atoms with Crippen LogP contribution in [-0.2, 0) is 33.0 Å². The largest absolute Gasteiger partial charge is 0.280 e. The van der Waals surface area contributed by atoms with E-state index in [4.69, 9.17) is 0 Å². The fraction of sp³-hybridized carbons (Fsp3) is 0.333. The topological polar surface area (TPSA) is 83.6 Å². The van der Waals surface area contributed by atoms with Crippen LogP contribution in [0.25, 0.3) is 0 Å². The van der Waals surface area contributed by atoms with E-state index in [-0.39, 0.29) is 18.0 Å². The van der Waals surface area contributed by atoms with Gasteiger partial charge in [0.15, 0.2) is 0 Å². The van der Waals surface area contributed by atoms with Gasteiger partial charge in [-0.25, -0.2) is 25.6 Å². The van der Waals surface area contributed by atoms with Crippen molar-refractivity contribution >= 4 is 25.7 Å². The molecule has 0 bridgehead atoms. The summed E-state index contributed by atoms with van der Waals surface area (Å²) in [6.07, 6.45) is 1.02. The lowest BCUT2D eigenvalue weighted by Gasteiger charge is -2.28. The Labute approximate surface area is 163 Å². The monoisotopic (exact) mass is 430 g/mol. The maximum absolute atomic E-state index is 13.8. The molecule has 1 aliphatic rings. The number of rotatable bonds is 6. The van der Waals surface area contributed by atoms with Crippen molar-refractivity contribution < 1.29 is 25.6 Å². The van der Waals surface area contributed by atoms with Crippen molar-refractivity contribution in [2.75, 3.05) is 17.0 Å². The molecule has 0 spiro atoms. The molecule has 0 radical (unpaired) electrons. The minimum atomic E-state index is -4.34. The molecule has 28 heavy (non-hydrogen) atoms. The van der Waals surface area contributed by atoms with Gasteiger partial charge in [0.05, 0.1) is 5.75 Å². The van der Waals surface area contributed by atoms with Crippen molar-refractivity contribution in [3.05, 3.63) is 59.2 Å². The molecule has 1 aliphatic heterocycles. The first-order valence-electron chi connectivity index (χ1n) is 8.70. The maximum atomic E-state index is 13.8. The molecule has 0 unspecified atom stereocenters. The average Bonchev–Trinajstić information content (AvgIpc) is 2.62. The quantitative estimate of drug-likeness (QED) is 0.764. The number of hydrogen-bond acceptors (Lipinski definition) is 4. The Morgan fingerprint density at radius 1 is 1.04 bits per heavy atom. The van der Waals surface area contributed by atoms with E-state index >= 15 is 0 Å². The van der Waals surface area contributed by atoms with Gasteiger partial charge in [0, 0.05) is 18.8 Å². The first-order valence-corrected chi connectivity index (χ1v) is 11.8. The molecule has 0 aliphatic carbocycles. The summed E-state index contributed by atoms with van der Waals surface area (Å²) < 4.78 is 80.2. The third-order valence-electron chi connectivity index (χ3n) is 4.47. The first-order chi connectivity index (χ1) is 13.1. The third-order valence-corrected chi connectivity index (χ3v) is 7.89. The summed E-state index contributed by atoms with van der Waals surface area (Å²) in [5, 5.41) is 0. The van der Waals surface area contributed by atoms with Crippen LogP contribution >= 0.6 is 0 Å². The van der Waals surface area contributed by atoms with Gasteiger partial charge in [-0.1, -0.05) is 13.0 Å². The van der Waals surface area contributed by atoms with Crippen LogP contribution in [-0.4, -0.2) is 33.4 Å². The Balaban J connectivity index is 1.87. The van der Waals surface area contributed by atoms with E-state index in [1.165, 1.54) is 16.4 Å². The lowest BCUT2D eigenvalue weighted by atomic mass is 10.0. The lowest BCUT2D eigenvalue weighted by molar-refractivity contribution is 0.391. The molecule has 2 aromatic rings. The number of nitrogens with one attached hydrogen (secondary N) is 1. The van der Waals surface area contributed by atoms with Gasteiger partial charge in [-0.05, 0) is 54.3 Å². The zero-order chi connectivity index (χ0) is 20.5. The van der Waals surface area contributed by atoms with Gasteiger partial charge in [0.1, 0.15) is 16.5 Å². The molecule has 0 fully saturated rings. The molecular weight excluding hydrogens is 410 g/mol. The molecule has 2 aromatic carbocycles. The third kappa shape index (κ3) is 4.34. The van der Waals surface area contributed by atoms with Crippen molar-refractivity contribution in [2.45, 2.75) is 31.2 Å². The van der Waals surface area contributed by atoms with Gasteiger partial charge in [-0.3, -0.25) is 4.72 Å². The standard InChI is InChI=1S/C18H20F2N2O4S2/c1-2-9-27(23,24)22-8-7-13-3-5-16(10-14(13)12-22)21-28(25,26)18-11-15(19)4-6-17(18)20/h3-6,10-11,21H,2,7-9,12H2,1H3. The van der Waals surface area contributed by atoms with Crippen LogP contribution in [0, 0.1) is 11.6 Å². The zero-order valence-corrected chi connectivity index (χ0v) is 16.8. The molecule has 0 atom stereocenters. The van der Waals surface area contributed by atoms with Crippen LogP contribution in [0.3, 0.4) is 0 Å². The highest BCUT2D eigenvalue weighted by molar-refractivity contribution is 7.92. The van der Waals surface area contributed by atoms with E-state index in [9.17, 15) is 25.6 Å². The van der Waals surface area contributed by atoms with Crippen LogP contribution in [0.5, 0.6) is 0 Å². The highest BCUT2D eigenvalue weighted by Gasteiger charge is 2.27. The van der Waals surface area contributed by atoms with Crippen molar-refractivity contribution in [2.24, 2.45) is 0 Å². The van der Waals surface area contributed by atoms with E-state index in [1.54, 1.807) is 13.0 Å². The normalized spacial score (nSPS) is 15.2. The van der Waals surface area contributed by atoms with Gasteiger partial charge in [0.2, 0.25) is 10.0 Å². The second-order valence-electron chi connectivity index (χ2n) is 6.56. The van der Waals surface area contributed by atoms with Gasteiger partial charge in [-0.2, -0.15) is 4.31 Å². The van der Waals surface area contributed by atoms with Gasteiger partial charge in [0.25, 0.3) is 10.0 Å². The Hall–Kier alpha value is -2.04. The molecule has 1 heterocycles. The molecule has 0 aromatic heterocycles. The molecular formula is C18H20F2N2O4S2. The molecule has 3 rings (SSSR count). The van der Waals surface area contributed by atoms with Crippen molar-refractivity contribution in [1.29, 1.82) is 0 Å². The van der Waals surface area contributed by atoms with Gasteiger partial charge < -0.3 is 0 Å². The smallest absolute Gasteiger partial charge is 0.264 e. The molecule has 10 heteroatoms. The zero-order valence-electron chi connectivity index (χ0n) is 15.2. The summed E-state index contributed by atoms with van der Waals surface area (Å²) in [5.74, 6) is -1.89. The van der Waals surface area contributed by atoms with Crippen molar-refractivity contribution in [1.82, 2.24) is 4.31 Å². The Morgan fingerprint density at radius 3 is 2.50 bits per heavy atom. The van der Waals surface area contributed by atoms with Gasteiger partial charge in [-0.15, -0.1) is 0 Å². The molecule has 0 saturated carbocycles. The first kappa shape index (κ1) is 20.7. The highest BCUT2D eigenvalue weighted by Crippen LogP contribution is 2.26. The predicted molar refractivity (Wildman–Crippen MR) is 102 cm³/mol. The number of nitrogens with zero attached hydrogens (tertiary/aromatic N) is 1. The number of halogens is 2. The van der Waals surface area contributed by atoms with Crippen LogP contribution in [0.15, 0.2) is 41.3 Å². The Kier molecular flexibility index (Phi) is 5.74. The number of benzene rings is 2. The Bertz CT molecular complexity index is 1100. The number of hydrogen-bond donors (Lipinski definition) is 1. The van der Waals surface area contributed by atoms with E-state index in [0.29, 0.717) is 31.0 Å². The number of sulfonamides is 2. The molecule has 6 nitrogen and oxygen atoms in total. The molecule has 1 N–H and O–H groups in total. The number of anilines is 1. The fourth-order valence-electron chi connectivity index (χ4n) is 3.11. The Morgan fingerprint density at radius 2 is 1.79 bits per heavy atom. The molecule has 152 valence electrons. The lowest BCUT2D eigenvalue weighted by Crippen LogP contribution is -2.37. The summed E-state index contributed by atoms with van der Waals surface area (Å²) >= 11 is 0. The van der Waals surface area contributed by atoms with E-state index in [1.807, 2.05) is 0 Å². The SMILES string of the molecule is CCCS(=O)(=O)N1CCc2ccc(NS(=O)(=O)c3cc(F)ccc3F)cc2C1. The second-order valence-corrected chi connectivity index (χ2v) is 10.3. The average molecular weight is 430 g/mol. The van der Waals surface area contributed by atoms with Crippen LogP contribution in [0.1, 0.15) is 24.5 Å². The van der Waals surface area contributed by atoms with Crippen molar-refractivity contribution in [3.8, 4) is 0 Å². The minimum Gasteiger partial charge on any atom is -0.280 e. The van der Waals surface area contributed by atoms with E-state index < -0.39 is 36.6 Å². The number of fused-ring (bicyclic) bond motifs is 1. The predicted octanol–water partition coefficient (Wildman–Crippen LogP) is 2.86. The molecule has 0 saturated heterocycles. The summed E-state index contributed by atoms with van der Waals surface area (Å²) in [4.78, 5) is -0.794. The van der Waals surface area contributed by atoms with Crippen LogP contribution in [0.4, 0.5) is 14.5 Å².